The lowest BCUT2D eigenvalue weighted by atomic mass is 10.1. The summed E-state index contributed by atoms with van der Waals surface area (Å²) in [4.78, 5) is 11.8. The van der Waals surface area contributed by atoms with Crippen LogP contribution in [-0.2, 0) is 11.2 Å². The quantitative estimate of drug-likeness (QED) is 0.543. The number of aromatic nitrogens is 2. The zero-order valence-corrected chi connectivity index (χ0v) is 11.1. The number of esters is 1. The fourth-order valence-electron chi connectivity index (χ4n) is 1.89. The monoisotopic (exact) mass is 280 g/mol. The Kier molecular flexibility index (Phi) is 3.73. The van der Waals surface area contributed by atoms with Crippen LogP contribution in [0.4, 0.5) is 0 Å². The first-order valence-electron chi connectivity index (χ1n) is 6.42. The molecule has 0 N–H and O–H groups in total. The van der Waals surface area contributed by atoms with Gasteiger partial charge in [0, 0.05) is 5.56 Å². The third-order valence-electron chi connectivity index (χ3n) is 2.88. The molecule has 0 aliphatic heterocycles. The summed E-state index contributed by atoms with van der Waals surface area (Å²) < 4.78 is 10.4. The van der Waals surface area contributed by atoms with Crippen LogP contribution in [0.25, 0.3) is 11.5 Å². The van der Waals surface area contributed by atoms with Crippen LogP contribution < -0.4 is 4.74 Å². The lowest BCUT2D eigenvalue weighted by molar-refractivity contribution is -0.133. The average Bonchev–Trinajstić information content (AvgIpc) is 3.03. The first-order valence-corrected chi connectivity index (χ1v) is 6.42. The van der Waals surface area contributed by atoms with Gasteiger partial charge in [-0.05, 0) is 29.8 Å². The van der Waals surface area contributed by atoms with E-state index in [1.807, 2.05) is 30.3 Å². The first-order chi connectivity index (χ1) is 10.3. The largest absolute Gasteiger partial charge is 0.426 e. The molecule has 1 heterocycles. The second-order valence-corrected chi connectivity index (χ2v) is 4.40. The summed E-state index contributed by atoms with van der Waals surface area (Å²) in [5.41, 5.74) is 1.69. The van der Waals surface area contributed by atoms with Crippen LogP contribution in [0.15, 0.2) is 65.4 Å². The van der Waals surface area contributed by atoms with Gasteiger partial charge in [-0.15, -0.1) is 10.2 Å². The second-order valence-electron chi connectivity index (χ2n) is 4.40. The van der Waals surface area contributed by atoms with Crippen LogP contribution >= 0.6 is 0 Å². The number of carbonyl (C=O) groups is 1. The van der Waals surface area contributed by atoms with Gasteiger partial charge in [-0.2, -0.15) is 0 Å². The van der Waals surface area contributed by atoms with Gasteiger partial charge in [0.2, 0.25) is 12.3 Å². The molecule has 0 aliphatic rings. The molecule has 0 spiro atoms. The van der Waals surface area contributed by atoms with E-state index in [9.17, 15) is 4.79 Å². The lowest BCUT2D eigenvalue weighted by Crippen LogP contribution is -2.11. The first kappa shape index (κ1) is 13.1. The summed E-state index contributed by atoms with van der Waals surface area (Å²) in [7, 11) is 0. The number of hydrogen-bond acceptors (Lipinski definition) is 5. The zero-order chi connectivity index (χ0) is 14.5. The van der Waals surface area contributed by atoms with Crippen molar-refractivity contribution in [1.29, 1.82) is 0 Å². The van der Waals surface area contributed by atoms with Gasteiger partial charge < -0.3 is 9.15 Å². The molecule has 0 saturated heterocycles. The van der Waals surface area contributed by atoms with E-state index < -0.39 is 0 Å². The molecule has 0 bridgehead atoms. The molecule has 3 rings (SSSR count). The number of hydrogen-bond donors (Lipinski definition) is 0. The maximum absolute atomic E-state index is 11.8. The Hall–Kier alpha value is -2.95. The summed E-state index contributed by atoms with van der Waals surface area (Å²) in [6.07, 6.45) is 1.51. The number of nitrogens with zero attached hydrogens (tertiary/aromatic N) is 2. The van der Waals surface area contributed by atoms with E-state index in [2.05, 4.69) is 10.2 Å². The van der Waals surface area contributed by atoms with Crippen LogP contribution in [0.3, 0.4) is 0 Å². The predicted octanol–water partition coefficient (Wildman–Crippen LogP) is 2.88. The SMILES string of the molecule is O=C(Cc1ccccc1)Oc1ccc(-c2nnco2)cc1. The van der Waals surface area contributed by atoms with Crippen molar-refractivity contribution >= 4 is 5.97 Å². The van der Waals surface area contributed by atoms with Crippen molar-refractivity contribution in [3.05, 3.63) is 66.6 Å². The van der Waals surface area contributed by atoms with E-state index in [1.54, 1.807) is 24.3 Å². The van der Waals surface area contributed by atoms with Gasteiger partial charge in [0.15, 0.2) is 0 Å². The van der Waals surface area contributed by atoms with Crippen molar-refractivity contribution in [3.8, 4) is 17.2 Å². The van der Waals surface area contributed by atoms with Crippen LogP contribution in [-0.4, -0.2) is 16.2 Å². The molecule has 0 unspecified atom stereocenters. The van der Waals surface area contributed by atoms with E-state index in [4.69, 9.17) is 9.15 Å². The Morgan fingerprint density at radius 1 is 1.05 bits per heavy atom. The summed E-state index contributed by atoms with van der Waals surface area (Å²) in [5.74, 6) is 0.614. The summed E-state index contributed by atoms with van der Waals surface area (Å²) in [6, 6.07) is 16.4. The Balaban J connectivity index is 1.64. The van der Waals surface area contributed by atoms with Crippen molar-refractivity contribution in [2.75, 3.05) is 0 Å². The highest BCUT2D eigenvalue weighted by atomic mass is 16.5. The number of benzene rings is 2. The zero-order valence-electron chi connectivity index (χ0n) is 11.1. The summed E-state index contributed by atoms with van der Waals surface area (Å²) in [5, 5.41) is 7.42. The van der Waals surface area contributed by atoms with Crippen molar-refractivity contribution in [2.45, 2.75) is 6.42 Å². The fourth-order valence-corrected chi connectivity index (χ4v) is 1.89. The van der Waals surface area contributed by atoms with Gasteiger partial charge in [0.1, 0.15) is 5.75 Å². The average molecular weight is 280 g/mol. The standard InChI is InChI=1S/C16H12N2O3/c19-15(10-12-4-2-1-3-5-12)21-14-8-6-13(7-9-14)16-18-17-11-20-16/h1-9,11H,10H2. The van der Waals surface area contributed by atoms with Crippen molar-refractivity contribution < 1.29 is 13.9 Å². The number of carbonyl (C=O) groups excluding carboxylic acids is 1. The highest BCUT2D eigenvalue weighted by Crippen LogP contribution is 2.20. The molecule has 3 aromatic rings. The minimum absolute atomic E-state index is 0.242. The highest BCUT2D eigenvalue weighted by molar-refractivity contribution is 5.75. The summed E-state index contributed by atoms with van der Waals surface area (Å²) >= 11 is 0. The van der Waals surface area contributed by atoms with E-state index in [-0.39, 0.29) is 12.4 Å². The van der Waals surface area contributed by atoms with Crippen LogP contribution in [0, 0.1) is 0 Å². The smallest absolute Gasteiger partial charge is 0.315 e. The molecule has 21 heavy (non-hydrogen) atoms. The van der Waals surface area contributed by atoms with E-state index in [0.29, 0.717) is 11.6 Å². The molecule has 0 aliphatic carbocycles. The number of ether oxygens (including phenoxy) is 1. The third kappa shape index (κ3) is 3.33. The normalized spacial score (nSPS) is 10.3. The van der Waals surface area contributed by atoms with Gasteiger partial charge in [-0.25, -0.2) is 0 Å². The van der Waals surface area contributed by atoms with E-state index in [1.165, 1.54) is 6.39 Å². The van der Waals surface area contributed by atoms with Gasteiger partial charge in [-0.3, -0.25) is 4.79 Å². The molecule has 104 valence electrons. The predicted molar refractivity (Wildman–Crippen MR) is 75.5 cm³/mol. The Morgan fingerprint density at radius 2 is 1.81 bits per heavy atom. The van der Waals surface area contributed by atoms with Crippen molar-refractivity contribution in [1.82, 2.24) is 10.2 Å². The molecular weight excluding hydrogens is 268 g/mol. The number of rotatable bonds is 4. The molecule has 5 heteroatoms. The van der Waals surface area contributed by atoms with E-state index in [0.717, 1.165) is 11.1 Å². The third-order valence-corrected chi connectivity index (χ3v) is 2.88. The molecule has 0 radical (unpaired) electrons. The molecule has 0 saturated carbocycles. The van der Waals surface area contributed by atoms with Crippen LogP contribution in [0.1, 0.15) is 5.56 Å². The maximum Gasteiger partial charge on any atom is 0.315 e. The van der Waals surface area contributed by atoms with Crippen LogP contribution in [0.5, 0.6) is 5.75 Å². The molecule has 0 fully saturated rings. The van der Waals surface area contributed by atoms with Gasteiger partial charge in [0.05, 0.1) is 6.42 Å². The van der Waals surface area contributed by atoms with Crippen LogP contribution in [0.2, 0.25) is 0 Å². The molecule has 2 aromatic carbocycles. The van der Waals surface area contributed by atoms with Crippen molar-refractivity contribution in [2.24, 2.45) is 0 Å². The highest BCUT2D eigenvalue weighted by Gasteiger charge is 2.08. The minimum Gasteiger partial charge on any atom is -0.426 e. The summed E-state index contributed by atoms with van der Waals surface area (Å²) in [6.45, 7) is 0. The van der Waals surface area contributed by atoms with Crippen molar-refractivity contribution in [3.63, 3.8) is 0 Å². The molecule has 1 aromatic heterocycles. The van der Waals surface area contributed by atoms with Gasteiger partial charge >= 0.3 is 5.97 Å². The van der Waals surface area contributed by atoms with Gasteiger partial charge in [0.25, 0.3) is 0 Å². The lowest BCUT2D eigenvalue weighted by Gasteiger charge is -2.04. The second kappa shape index (κ2) is 6.00. The molecule has 0 amide bonds. The maximum atomic E-state index is 11.8. The Bertz CT molecular complexity index is 707. The molecular formula is C16H12N2O3. The molecule has 0 atom stereocenters. The Morgan fingerprint density at radius 3 is 2.48 bits per heavy atom. The van der Waals surface area contributed by atoms with Gasteiger partial charge in [-0.1, -0.05) is 30.3 Å². The van der Waals surface area contributed by atoms with E-state index >= 15 is 0 Å². The fraction of sp³-hybridized carbons (Fsp3) is 0.0625. The Labute approximate surface area is 121 Å². The topological polar surface area (TPSA) is 65.2 Å². The molecule has 5 nitrogen and oxygen atoms in total. The minimum atomic E-state index is -0.299.